The summed E-state index contributed by atoms with van der Waals surface area (Å²) in [5.74, 6) is 0.618. The minimum Gasteiger partial charge on any atom is -0.497 e. The van der Waals surface area contributed by atoms with E-state index in [-0.39, 0.29) is 12.2 Å². The number of halogens is 4. The molecule has 2 aromatic rings. The van der Waals surface area contributed by atoms with Crippen LogP contribution in [-0.2, 0) is 12.7 Å². The molecule has 1 aromatic heterocycles. The highest BCUT2D eigenvalue weighted by Crippen LogP contribution is 2.29. The highest BCUT2D eigenvalue weighted by Gasteiger charge is 2.35. The van der Waals surface area contributed by atoms with Crippen LogP contribution in [0.25, 0.3) is 0 Å². The molecule has 1 unspecified atom stereocenters. The second kappa shape index (κ2) is 6.74. The van der Waals surface area contributed by atoms with Crippen molar-refractivity contribution in [3.05, 3.63) is 57.5 Å². The van der Waals surface area contributed by atoms with Crippen LogP contribution in [0.3, 0.4) is 0 Å². The molecule has 0 radical (unpaired) electrons. The van der Waals surface area contributed by atoms with E-state index in [9.17, 15) is 18.0 Å². The van der Waals surface area contributed by atoms with Gasteiger partial charge in [-0.1, -0.05) is 28.1 Å². The number of rotatable bonds is 4. The minimum absolute atomic E-state index is 0.0561. The van der Waals surface area contributed by atoms with E-state index in [0.29, 0.717) is 11.3 Å². The van der Waals surface area contributed by atoms with Crippen LogP contribution in [0.1, 0.15) is 28.6 Å². The first-order valence-corrected chi connectivity index (χ1v) is 7.60. The van der Waals surface area contributed by atoms with E-state index in [4.69, 9.17) is 4.74 Å². The summed E-state index contributed by atoms with van der Waals surface area (Å²) < 4.78 is 45.0. The summed E-state index contributed by atoms with van der Waals surface area (Å²) in [6.07, 6.45) is -4.72. The van der Waals surface area contributed by atoms with Crippen LogP contribution in [0.2, 0.25) is 0 Å². The number of hydrogen-bond acceptors (Lipinski definition) is 3. The van der Waals surface area contributed by atoms with Gasteiger partial charge >= 0.3 is 6.18 Å². The van der Waals surface area contributed by atoms with Crippen LogP contribution < -0.4 is 10.3 Å². The predicted octanol–water partition coefficient (Wildman–Crippen LogP) is 3.77. The Labute approximate surface area is 139 Å². The smallest absolute Gasteiger partial charge is 0.421 e. The highest BCUT2D eigenvalue weighted by molar-refractivity contribution is 9.09. The van der Waals surface area contributed by atoms with Crippen LogP contribution in [0.5, 0.6) is 5.75 Å². The molecule has 124 valence electrons. The molecule has 0 N–H and O–H groups in total. The van der Waals surface area contributed by atoms with E-state index in [1.54, 1.807) is 31.2 Å². The van der Waals surface area contributed by atoms with Crippen molar-refractivity contribution in [2.75, 3.05) is 7.11 Å². The van der Waals surface area contributed by atoms with Crippen molar-refractivity contribution >= 4 is 15.9 Å². The van der Waals surface area contributed by atoms with Gasteiger partial charge in [-0.3, -0.25) is 4.79 Å². The average molecular weight is 391 g/mol. The molecule has 0 bridgehead atoms. The van der Waals surface area contributed by atoms with Gasteiger partial charge in [0.1, 0.15) is 11.3 Å². The number of ether oxygens (including phenoxy) is 1. The number of hydrogen-bond donors (Lipinski definition) is 0. The monoisotopic (exact) mass is 390 g/mol. The number of benzene rings is 1. The molecule has 0 amide bonds. The molecule has 0 aliphatic carbocycles. The Bertz CT molecular complexity index is 740. The fourth-order valence-corrected chi connectivity index (χ4v) is 2.19. The topological polar surface area (TPSA) is 44.1 Å². The van der Waals surface area contributed by atoms with Gasteiger partial charge < -0.3 is 4.74 Å². The van der Waals surface area contributed by atoms with Crippen molar-refractivity contribution in [2.24, 2.45) is 0 Å². The van der Waals surface area contributed by atoms with Gasteiger partial charge in [0.15, 0.2) is 0 Å². The summed E-state index contributed by atoms with van der Waals surface area (Å²) in [5.41, 5.74) is -1.59. The number of alkyl halides is 4. The minimum atomic E-state index is -4.72. The second-order valence-corrected chi connectivity index (χ2v) is 6.28. The third-order valence-electron chi connectivity index (χ3n) is 3.20. The van der Waals surface area contributed by atoms with E-state index in [1.165, 1.54) is 7.11 Å². The maximum absolute atomic E-state index is 13.0. The molecule has 1 heterocycles. The third-order valence-corrected chi connectivity index (χ3v) is 3.67. The largest absolute Gasteiger partial charge is 0.497 e. The summed E-state index contributed by atoms with van der Waals surface area (Å²) in [5, 5.41) is 4.01. The molecule has 8 heteroatoms. The molecule has 0 aliphatic heterocycles. The maximum atomic E-state index is 13.0. The van der Waals surface area contributed by atoms with Crippen molar-refractivity contribution in [3.8, 4) is 5.75 Å². The first kappa shape index (κ1) is 17.5. The summed E-state index contributed by atoms with van der Waals surface area (Å²) in [6.45, 7) is 1.59. The van der Waals surface area contributed by atoms with E-state index < -0.39 is 22.1 Å². The quantitative estimate of drug-likeness (QED) is 0.746. The predicted molar refractivity (Wildman–Crippen MR) is 82.9 cm³/mol. The van der Waals surface area contributed by atoms with Crippen molar-refractivity contribution in [2.45, 2.75) is 24.5 Å². The number of nitrogens with zero attached hydrogens (tertiary/aromatic N) is 2. The Hall–Kier alpha value is -1.83. The Kier molecular flexibility index (Phi) is 5.13. The Morgan fingerprint density at radius 1 is 1.30 bits per heavy atom. The molecule has 0 aliphatic rings. The molecule has 0 spiro atoms. The van der Waals surface area contributed by atoms with Crippen molar-refractivity contribution in [1.29, 1.82) is 0 Å². The standard InChI is InChI=1S/C15H14BrF3N2O2/c1-9(16)13-7-12(15(17,18)19)14(22)21(20-13)8-10-3-5-11(23-2)6-4-10/h3-7,9H,8H2,1-2H3. The molecule has 0 saturated carbocycles. The molecule has 23 heavy (non-hydrogen) atoms. The zero-order valence-electron chi connectivity index (χ0n) is 12.4. The molecule has 0 fully saturated rings. The molecule has 4 nitrogen and oxygen atoms in total. The van der Waals surface area contributed by atoms with Crippen molar-refractivity contribution in [3.63, 3.8) is 0 Å². The lowest BCUT2D eigenvalue weighted by Gasteiger charge is -2.13. The van der Waals surface area contributed by atoms with Crippen LogP contribution in [-0.4, -0.2) is 16.9 Å². The highest BCUT2D eigenvalue weighted by atomic mass is 79.9. The van der Waals surface area contributed by atoms with E-state index in [1.807, 2.05) is 0 Å². The van der Waals surface area contributed by atoms with E-state index in [0.717, 1.165) is 10.7 Å². The third kappa shape index (κ3) is 4.13. The first-order chi connectivity index (χ1) is 10.7. The zero-order valence-corrected chi connectivity index (χ0v) is 14.0. The first-order valence-electron chi connectivity index (χ1n) is 6.68. The van der Waals surface area contributed by atoms with Crippen LogP contribution in [0.15, 0.2) is 35.1 Å². The summed E-state index contributed by atoms with van der Waals surface area (Å²) in [6, 6.07) is 7.46. The fourth-order valence-electron chi connectivity index (χ4n) is 1.97. The normalized spacial score (nSPS) is 13.0. The Morgan fingerprint density at radius 3 is 2.39 bits per heavy atom. The average Bonchev–Trinajstić information content (AvgIpc) is 2.48. The summed E-state index contributed by atoms with van der Waals surface area (Å²) in [7, 11) is 1.51. The zero-order chi connectivity index (χ0) is 17.2. The summed E-state index contributed by atoms with van der Waals surface area (Å²) in [4.78, 5) is 11.6. The van der Waals surface area contributed by atoms with Gasteiger partial charge in [-0.2, -0.15) is 18.3 Å². The van der Waals surface area contributed by atoms with Gasteiger partial charge in [-0.05, 0) is 30.7 Å². The van der Waals surface area contributed by atoms with Crippen molar-refractivity contribution in [1.82, 2.24) is 9.78 Å². The molecular formula is C15H14BrF3N2O2. The van der Waals surface area contributed by atoms with Crippen molar-refractivity contribution < 1.29 is 17.9 Å². The van der Waals surface area contributed by atoms with Crippen LogP contribution in [0.4, 0.5) is 13.2 Å². The fraction of sp³-hybridized carbons (Fsp3) is 0.333. The Morgan fingerprint density at radius 2 is 1.91 bits per heavy atom. The maximum Gasteiger partial charge on any atom is 0.421 e. The molecule has 1 atom stereocenters. The van der Waals surface area contributed by atoms with E-state index >= 15 is 0 Å². The lowest BCUT2D eigenvalue weighted by Crippen LogP contribution is -2.32. The molecular weight excluding hydrogens is 377 g/mol. The lowest BCUT2D eigenvalue weighted by molar-refractivity contribution is -0.139. The van der Waals surface area contributed by atoms with Gasteiger partial charge in [-0.25, -0.2) is 4.68 Å². The van der Waals surface area contributed by atoms with Gasteiger partial charge in [0.25, 0.3) is 5.56 Å². The second-order valence-electron chi connectivity index (χ2n) is 4.91. The number of methoxy groups -OCH3 is 1. The summed E-state index contributed by atoms with van der Waals surface area (Å²) >= 11 is 3.18. The lowest BCUT2D eigenvalue weighted by atomic mass is 10.2. The van der Waals surface area contributed by atoms with Gasteiger partial charge in [0.05, 0.1) is 24.2 Å². The molecule has 2 rings (SSSR count). The van der Waals surface area contributed by atoms with Crippen LogP contribution in [0, 0.1) is 0 Å². The molecule has 0 saturated heterocycles. The van der Waals surface area contributed by atoms with Gasteiger partial charge in [0, 0.05) is 0 Å². The van der Waals surface area contributed by atoms with Crippen LogP contribution >= 0.6 is 15.9 Å². The van der Waals surface area contributed by atoms with Gasteiger partial charge in [0.2, 0.25) is 0 Å². The Balaban J connectivity index is 2.47. The molecule has 1 aromatic carbocycles. The number of aromatic nitrogens is 2. The SMILES string of the molecule is COc1ccc(Cn2nc(C(C)Br)cc(C(F)(F)F)c2=O)cc1. The van der Waals surface area contributed by atoms with E-state index in [2.05, 4.69) is 21.0 Å². The van der Waals surface area contributed by atoms with Gasteiger partial charge in [-0.15, -0.1) is 0 Å².